The van der Waals surface area contributed by atoms with Gasteiger partial charge in [-0.15, -0.1) is 0 Å². The maximum absolute atomic E-state index is 10.5. The molecule has 2 amide bonds. The van der Waals surface area contributed by atoms with Crippen LogP contribution >= 0.6 is 0 Å². The van der Waals surface area contributed by atoms with E-state index < -0.39 is 0 Å². The molecule has 0 fully saturated rings. The van der Waals surface area contributed by atoms with Gasteiger partial charge in [0.05, 0.1) is 0 Å². The zero-order valence-electron chi connectivity index (χ0n) is 6.43. The van der Waals surface area contributed by atoms with Gasteiger partial charge >= 0.3 is 6.03 Å². The standard InChI is InChI=1S/C6H14N2O/c1-6(2,3)8(4)5(7)9/h1-4H3,(H2,7,9). The van der Waals surface area contributed by atoms with Gasteiger partial charge in [-0.3, -0.25) is 0 Å². The molecule has 0 atom stereocenters. The van der Waals surface area contributed by atoms with Gasteiger partial charge in [0.25, 0.3) is 0 Å². The van der Waals surface area contributed by atoms with Crippen LogP contribution in [0.15, 0.2) is 0 Å². The molecule has 0 aliphatic rings. The number of hydrogen-bond donors (Lipinski definition) is 1. The van der Waals surface area contributed by atoms with E-state index in [1.165, 1.54) is 4.90 Å². The summed E-state index contributed by atoms with van der Waals surface area (Å²) in [5.74, 6) is 0. The van der Waals surface area contributed by atoms with Crippen LogP contribution in [0.25, 0.3) is 0 Å². The molecule has 0 radical (unpaired) electrons. The number of hydrogen-bond acceptors (Lipinski definition) is 1. The van der Waals surface area contributed by atoms with Crippen LogP contribution in [0, 0.1) is 0 Å². The highest BCUT2D eigenvalue weighted by Gasteiger charge is 2.19. The van der Waals surface area contributed by atoms with Crippen LogP contribution in [-0.4, -0.2) is 23.5 Å². The number of amides is 2. The van der Waals surface area contributed by atoms with Crippen LogP contribution in [-0.2, 0) is 0 Å². The highest BCUT2D eigenvalue weighted by molar-refractivity contribution is 5.72. The van der Waals surface area contributed by atoms with Crippen LogP contribution in [0.5, 0.6) is 0 Å². The molecule has 9 heavy (non-hydrogen) atoms. The minimum absolute atomic E-state index is 0.161. The Morgan fingerprint density at radius 3 is 1.78 bits per heavy atom. The first kappa shape index (κ1) is 8.27. The Hall–Kier alpha value is -0.730. The van der Waals surface area contributed by atoms with E-state index in [-0.39, 0.29) is 11.6 Å². The topological polar surface area (TPSA) is 46.3 Å². The fourth-order valence-electron chi connectivity index (χ4n) is 0.331. The first-order valence-electron chi connectivity index (χ1n) is 2.89. The molecule has 0 aromatic rings. The summed E-state index contributed by atoms with van der Waals surface area (Å²) in [7, 11) is 1.68. The number of primary amides is 1. The molecule has 0 aliphatic heterocycles. The number of rotatable bonds is 0. The summed E-state index contributed by atoms with van der Waals surface area (Å²) in [5, 5.41) is 0. The van der Waals surface area contributed by atoms with Gasteiger partial charge in [-0.25, -0.2) is 4.79 Å². The lowest BCUT2D eigenvalue weighted by Gasteiger charge is -2.29. The van der Waals surface area contributed by atoms with Crippen LogP contribution in [0.1, 0.15) is 20.8 Å². The lowest BCUT2D eigenvalue weighted by atomic mass is 10.1. The predicted octanol–water partition coefficient (Wildman–Crippen LogP) is 0.795. The van der Waals surface area contributed by atoms with Gasteiger partial charge < -0.3 is 10.6 Å². The Morgan fingerprint density at radius 1 is 1.44 bits per heavy atom. The molecule has 54 valence electrons. The second-order valence-corrected chi connectivity index (χ2v) is 3.07. The summed E-state index contributed by atoms with van der Waals surface area (Å²) in [4.78, 5) is 12.0. The summed E-state index contributed by atoms with van der Waals surface area (Å²) >= 11 is 0. The Balaban J connectivity index is 4.04. The van der Waals surface area contributed by atoms with Gasteiger partial charge in [0.1, 0.15) is 0 Å². The molecule has 0 aromatic heterocycles. The van der Waals surface area contributed by atoms with E-state index >= 15 is 0 Å². The SMILES string of the molecule is CN(C(N)=O)C(C)(C)C. The van der Waals surface area contributed by atoms with Crippen molar-refractivity contribution >= 4 is 6.03 Å². The van der Waals surface area contributed by atoms with Crippen molar-refractivity contribution < 1.29 is 4.79 Å². The van der Waals surface area contributed by atoms with Gasteiger partial charge in [0, 0.05) is 12.6 Å². The van der Waals surface area contributed by atoms with E-state index in [2.05, 4.69) is 0 Å². The molecule has 0 rings (SSSR count). The second kappa shape index (κ2) is 2.25. The van der Waals surface area contributed by atoms with Gasteiger partial charge in [-0.1, -0.05) is 0 Å². The average molecular weight is 130 g/mol. The van der Waals surface area contributed by atoms with Crippen molar-refractivity contribution in [1.29, 1.82) is 0 Å². The quantitative estimate of drug-likeness (QED) is 0.518. The number of nitrogens with zero attached hydrogens (tertiary/aromatic N) is 1. The highest BCUT2D eigenvalue weighted by Crippen LogP contribution is 2.08. The van der Waals surface area contributed by atoms with E-state index in [1.54, 1.807) is 7.05 Å². The fraction of sp³-hybridized carbons (Fsp3) is 0.833. The fourth-order valence-corrected chi connectivity index (χ4v) is 0.331. The van der Waals surface area contributed by atoms with Crippen LogP contribution in [0.3, 0.4) is 0 Å². The predicted molar refractivity (Wildman–Crippen MR) is 37.1 cm³/mol. The Bertz CT molecular complexity index is 115. The van der Waals surface area contributed by atoms with Gasteiger partial charge in [-0.05, 0) is 20.8 Å². The molecule has 0 bridgehead atoms. The van der Waals surface area contributed by atoms with Crippen molar-refractivity contribution in [1.82, 2.24) is 4.90 Å². The van der Waals surface area contributed by atoms with Crippen LogP contribution in [0.2, 0.25) is 0 Å². The third-order valence-electron chi connectivity index (χ3n) is 1.34. The normalized spacial score (nSPS) is 11.1. The van der Waals surface area contributed by atoms with Crippen molar-refractivity contribution in [3.8, 4) is 0 Å². The number of carbonyl (C=O) groups excluding carboxylic acids is 1. The molecule has 3 nitrogen and oxygen atoms in total. The molecule has 0 unspecified atom stereocenters. The van der Waals surface area contributed by atoms with Crippen molar-refractivity contribution in [2.75, 3.05) is 7.05 Å². The summed E-state index contributed by atoms with van der Waals surface area (Å²) in [6.07, 6.45) is 0. The molecule has 0 spiro atoms. The number of urea groups is 1. The number of nitrogens with two attached hydrogens (primary N) is 1. The third-order valence-corrected chi connectivity index (χ3v) is 1.34. The lowest BCUT2D eigenvalue weighted by molar-refractivity contribution is 0.175. The van der Waals surface area contributed by atoms with E-state index in [0.29, 0.717) is 0 Å². The summed E-state index contributed by atoms with van der Waals surface area (Å²) in [6, 6.07) is -0.387. The van der Waals surface area contributed by atoms with E-state index in [4.69, 9.17) is 5.73 Å². The molecule has 3 heteroatoms. The maximum Gasteiger partial charge on any atom is 0.314 e. The maximum atomic E-state index is 10.5. The molecule has 0 saturated carbocycles. The number of carbonyl (C=O) groups is 1. The minimum atomic E-state index is -0.387. The summed E-state index contributed by atoms with van der Waals surface area (Å²) in [5.41, 5.74) is 4.85. The largest absolute Gasteiger partial charge is 0.351 e. The highest BCUT2D eigenvalue weighted by atomic mass is 16.2. The first-order valence-corrected chi connectivity index (χ1v) is 2.89. The zero-order chi connectivity index (χ0) is 7.65. The summed E-state index contributed by atoms with van der Waals surface area (Å²) in [6.45, 7) is 5.78. The minimum Gasteiger partial charge on any atom is -0.351 e. The second-order valence-electron chi connectivity index (χ2n) is 3.07. The molecule has 0 aromatic carbocycles. The van der Waals surface area contributed by atoms with E-state index in [0.717, 1.165) is 0 Å². The van der Waals surface area contributed by atoms with E-state index in [1.807, 2.05) is 20.8 Å². The molecular formula is C6H14N2O. The third kappa shape index (κ3) is 2.35. The van der Waals surface area contributed by atoms with Gasteiger partial charge in [-0.2, -0.15) is 0 Å². The molecular weight excluding hydrogens is 116 g/mol. The van der Waals surface area contributed by atoms with Crippen LogP contribution < -0.4 is 5.73 Å². The Morgan fingerprint density at radius 2 is 1.78 bits per heavy atom. The monoisotopic (exact) mass is 130 g/mol. The molecule has 0 saturated heterocycles. The van der Waals surface area contributed by atoms with Crippen molar-refractivity contribution in [3.05, 3.63) is 0 Å². The van der Waals surface area contributed by atoms with Crippen molar-refractivity contribution in [3.63, 3.8) is 0 Å². The van der Waals surface area contributed by atoms with Gasteiger partial charge in [0.2, 0.25) is 0 Å². The first-order chi connectivity index (χ1) is 3.85. The van der Waals surface area contributed by atoms with Crippen molar-refractivity contribution in [2.45, 2.75) is 26.3 Å². The van der Waals surface area contributed by atoms with E-state index in [9.17, 15) is 4.79 Å². The Kier molecular flexibility index (Phi) is 2.07. The lowest BCUT2D eigenvalue weighted by Crippen LogP contribution is -2.45. The smallest absolute Gasteiger partial charge is 0.314 e. The zero-order valence-corrected chi connectivity index (χ0v) is 6.43. The van der Waals surface area contributed by atoms with Crippen LogP contribution in [0.4, 0.5) is 4.79 Å². The average Bonchev–Trinajstić information content (AvgIpc) is 1.62. The molecule has 0 aliphatic carbocycles. The van der Waals surface area contributed by atoms with Crippen molar-refractivity contribution in [2.24, 2.45) is 5.73 Å². The Labute approximate surface area is 55.8 Å². The van der Waals surface area contributed by atoms with Gasteiger partial charge in [0.15, 0.2) is 0 Å². The summed E-state index contributed by atoms with van der Waals surface area (Å²) < 4.78 is 0. The molecule has 0 heterocycles. The molecule has 2 N–H and O–H groups in total.